The second-order valence-electron chi connectivity index (χ2n) is 3.58. The summed E-state index contributed by atoms with van der Waals surface area (Å²) in [5, 5.41) is 9.45. The minimum atomic E-state index is -1.61. The van der Waals surface area contributed by atoms with Crippen LogP contribution < -0.4 is 0 Å². The molecule has 0 aromatic heterocycles. The molecule has 0 saturated carbocycles. The van der Waals surface area contributed by atoms with Crippen LogP contribution in [-0.4, -0.2) is 19.1 Å². The predicted octanol–water partition coefficient (Wildman–Crippen LogP) is 2.28. The van der Waals surface area contributed by atoms with E-state index in [0.29, 0.717) is 5.20 Å². The van der Waals surface area contributed by atoms with Gasteiger partial charge in [-0.1, -0.05) is 32.6 Å². The first-order chi connectivity index (χ1) is 4.89. The first kappa shape index (κ1) is 10.4. The summed E-state index contributed by atoms with van der Waals surface area (Å²) in [5.41, 5.74) is 0. The average molecular weight is 172 g/mol. The molecule has 0 bridgehead atoms. The number of allylic oxidation sites excluding steroid dienone is 1. The molecule has 0 aliphatic heterocycles. The third kappa shape index (κ3) is 3.37. The van der Waals surface area contributed by atoms with Crippen LogP contribution in [0.25, 0.3) is 0 Å². The lowest BCUT2D eigenvalue weighted by molar-refractivity contribution is -0.132. The van der Waals surface area contributed by atoms with Gasteiger partial charge in [-0.15, -0.1) is 0 Å². The molecular formula is C8H16O2Si. The summed E-state index contributed by atoms with van der Waals surface area (Å²) in [6.45, 7) is 8.09. The molecular weight excluding hydrogens is 156 g/mol. The number of rotatable bonds is 3. The fourth-order valence-corrected chi connectivity index (χ4v) is 2.38. The highest BCUT2D eigenvalue weighted by molar-refractivity contribution is 6.86. The normalized spacial score (nSPS) is 13.3. The van der Waals surface area contributed by atoms with Gasteiger partial charge in [0.25, 0.3) is 0 Å². The summed E-state index contributed by atoms with van der Waals surface area (Å²) in [7, 11) is -1.61. The first-order valence-corrected chi connectivity index (χ1v) is 7.33. The smallest absolute Gasteiger partial charge is 0.327 e. The molecule has 0 saturated heterocycles. The summed E-state index contributed by atoms with van der Waals surface area (Å²) >= 11 is 0. The molecule has 2 nitrogen and oxygen atoms in total. The number of carbonyl (C=O) groups is 1. The Morgan fingerprint density at radius 2 is 1.91 bits per heavy atom. The summed E-state index contributed by atoms with van der Waals surface area (Å²) in [6.07, 6.45) is 2.64. The lowest BCUT2D eigenvalue weighted by Crippen LogP contribution is -2.29. The third-order valence-electron chi connectivity index (χ3n) is 1.45. The fraction of sp³-hybridized carbons (Fsp3) is 0.625. The van der Waals surface area contributed by atoms with Gasteiger partial charge in [-0.3, -0.25) is 0 Å². The summed E-state index contributed by atoms with van der Waals surface area (Å²) in [6, 6.07) is 0. The maximum Gasteiger partial charge on any atom is 0.327 e. The van der Waals surface area contributed by atoms with Crippen LogP contribution in [0.3, 0.4) is 0 Å². The van der Waals surface area contributed by atoms with Crippen molar-refractivity contribution in [1.82, 2.24) is 0 Å². The molecule has 0 aliphatic carbocycles. The molecule has 0 spiro atoms. The van der Waals surface area contributed by atoms with Gasteiger partial charge in [0.1, 0.15) is 0 Å². The van der Waals surface area contributed by atoms with E-state index >= 15 is 0 Å². The van der Waals surface area contributed by atoms with E-state index in [9.17, 15) is 4.79 Å². The molecule has 0 atom stereocenters. The highest BCUT2D eigenvalue weighted by Crippen LogP contribution is 2.14. The maximum absolute atomic E-state index is 10.7. The molecule has 0 unspecified atom stereocenters. The molecule has 3 heteroatoms. The number of hydrogen-bond acceptors (Lipinski definition) is 1. The molecule has 0 amide bonds. The second-order valence-corrected chi connectivity index (χ2v) is 8.62. The minimum Gasteiger partial charge on any atom is -0.478 e. The molecule has 11 heavy (non-hydrogen) atoms. The minimum absolute atomic E-state index is 0.639. The van der Waals surface area contributed by atoms with Crippen LogP contribution >= 0.6 is 0 Å². The Hall–Kier alpha value is -0.573. The highest BCUT2D eigenvalue weighted by Gasteiger charge is 2.24. The lowest BCUT2D eigenvalue weighted by atomic mass is 10.4. The number of aliphatic carboxylic acids is 1. The van der Waals surface area contributed by atoms with Crippen LogP contribution in [0, 0.1) is 0 Å². The number of carboxylic acids is 1. The molecule has 64 valence electrons. The second kappa shape index (κ2) is 3.71. The SMILES string of the molecule is CCC=C(C(=O)O)[Si](C)(C)C. The first-order valence-electron chi connectivity index (χ1n) is 3.83. The Kier molecular flexibility index (Phi) is 3.52. The van der Waals surface area contributed by atoms with Gasteiger partial charge in [-0.25, -0.2) is 4.79 Å². The van der Waals surface area contributed by atoms with Gasteiger partial charge in [0.05, 0.1) is 8.07 Å². The fourth-order valence-electron chi connectivity index (χ4n) is 0.918. The van der Waals surface area contributed by atoms with Crippen LogP contribution in [0.2, 0.25) is 19.6 Å². The van der Waals surface area contributed by atoms with E-state index in [2.05, 4.69) is 0 Å². The molecule has 1 N–H and O–H groups in total. The highest BCUT2D eigenvalue weighted by atomic mass is 28.3. The van der Waals surface area contributed by atoms with E-state index in [1.54, 1.807) is 0 Å². The topological polar surface area (TPSA) is 37.3 Å². The van der Waals surface area contributed by atoms with Gasteiger partial charge >= 0.3 is 5.97 Å². The van der Waals surface area contributed by atoms with E-state index < -0.39 is 14.0 Å². The van der Waals surface area contributed by atoms with Crippen LogP contribution in [0.5, 0.6) is 0 Å². The van der Waals surface area contributed by atoms with Crippen molar-refractivity contribution in [3.05, 3.63) is 11.3 Å². The quantitative estimate of drug-likeness (QED) is 0.524. The van der Waals surface area contributed by atoms with Crippen molar-refractivity contribution in [3.63, 3.8) is 0 Å². The van der Waals surface area contributed by atoms with Gasteiger partial charge in [-0.2, -0.15) is 0 Å². The van der Waals surface area contributed by atoms with Crippen LogP contribution in [-0.2, 0) is 4.79 Å². The lowest BCUT2D eigenvalue weighted by Gasteiger charge is -2.16. The van der Waals surface area contributed by atoms with Crippen LogP contribution in [0.4, 0.5) is 0 Å². The Morgan fingerprint density at radius 1 is 1.45 bits per heavy atom. The van der Waals surface area contributed by atoms with Crippen LogP contribution in [0.1, 0.15) is 13.3 Å². The summed E-state index contributed by atoms with van der Waals surface area (Å²) in [4.78, 5) is 10.7. The molecule has 0 rings (SSSR count). The van der Waals surface area contributed by atoms with Gasteiger partial charge in [-0.05, 0) is 6.42 Å². The average Bonchev–Trinajstić information content (AvgIpc) is 1.79. The largest absolute Gasteiger partial charge is 0.478 e. The zero-order valence-electron chi connectivity index (χ0n) is 7.64. The molecule has 0 radical (unpaired) electrons. The summed E-state index contributed by atoms with van der Waals surface area (Å²) in [5.74, 6) is -0.744. The van der Waals surface area contributed by atoms with Crippen molar-refractivity contribution in [2.45, 2.75) is 33.0 Å². The van der Waals surface area contributed by atoms with Crippen molar-refractivity contribution in [1.29, 1.82) is 0 Å². The van der Waals surface area contributed by atoms with E-state index in [0.717, 1.165) is 6.42 Å². The van der Waals surface area contributed by atoms with Crippen LogP contribution in [0.15, 0.2) is 11.3 Å². The third-order valence-corrected chi connectivity index (χ3v) is 3.48. The van der Waals surface area contributed by atoms with Gasteiger partial charge in [0.2, 0.25) is 0 Å². The molecule has 0 aromatic carbocycles. The monoisotopic (exact) mass is 172 g/mol. The molecule has 0 aliphatic rings. The molecule has 0 fully saturated rings. The van der Waals surface area contributed by atoms with Gasteiger partial charge in [0.15, 0.2) is 0 Å². The zero-order chi connectivity index (χ0) is 9.07. The standard InChI is InChI=1S/C8H16O2Si/c1-5-6-7(8(9)10)11(2,3)4/h6H,5H2,1-4H3,(H,9,10). The van der Waals surface area contributed by atoms with Gasteiger partial charge in [0, 0.05) is 5.20 Å². The van der Waals surface area contributed by atoms with E-state index in [1.165, 1.54) is 0 Å². The van der Waals surface area contributed by atoms with E-state index in [1.807, 2.05) is 32.6 Å². The summed E-state index contributed by atoms with van der Waals surface area (Å²) < 4.78 is 0. The Morgan fingerprint density at radius 3 is 2.00 bits per heavy atom. The molecule has 0 aromatic rings. The number of hydrogen-bond donors (Lipinski definition) is 1. The zero-order valence-corrected chi connectivity index (χ0v) is 8.64. The predicted molar refractivity (Wildman–Crippen MR) is 49.4 cm³/mol. The van der Waals surface area contributed by atoms with Crippen molar-refractivity contribution >= 4 is 14.0 Å². The van der Waals surface area contributed by atoms with Crippen molar-refractivity contribution in [2.24, 2.45) is 0 Å². The van der Waals surface area contributed by atoms with Crippen molar-refractivity contribution in [3.8, 4) is 0 Å². The Bertz CT molecular complexity index is 177. The maximum atomic E-state index is 10.7. The van der Waals surface area contributed by atoms with Crippen molar-refractivity contribution in [2.75, 3.05) is 0 Å². The van der Waals surface area contributed by atoms with E-state index in [4.69, 9.17) is 5.11 Å². The number of carboxylic acid groups (broad SMARTS) is 1. The Labute approximate surface area is 68.9 Å². The van der Waals surface area contributed by atoms with Gasteiger partial charge < -0.3 is 5.11 Å². The Balaban J connectivity index is 4.63. The van der Waals surface area contributed by atoms with E-state index in [-0.39, 0.29) is 0 Å². The van der Waals surface area contributed by atoms with Crippen molar-refractivity contribution < 1.29 is 9.90 Å². The molecule has 0 heterocycles.